The van der Waals surface area contributed by atoms with E-state index in [1.54, 1.807) is 0 Å². The van der Waals surface area contributed by atoms with E-state index >= 15 is 0 Å². The molecule has 0 unspecified atom stereocenters. The Morgan fingerprint density at radius 2 is 1.52 bits per heavy atom. The van der Waals surface area contributed by atoms with Crippen LogP contribution in [-0.2, 0) is 4.79 Å². The van der Waals surface area contributed by atoms with E-state index in [1.165, 1.54) is 0 Å². The van der Waals surface area contributed by atoms with Crippen molar-refractivity contribution >= 4 is 17.6 Å². The zero-order valence-corrected chi connectivity index (χ0v) is 17.4. The van der Waals surface area contributed by atoms with Crippen LogP contribution in [0.2, 0.25) is 0 Å². The second kappa shape index (κ2) is 10.1. The van der Waals surface area contributed by atoms with E-state index in [1.807, 2.05) is 47.4 Å². The Balaban J connectivity index is 1.46. The molecule has 3 amide bonds. The van der Waals surface area contributed by atoms with Gasteiger partial charge >= 0.3 is 6.03 Å². The lowest BCUT2D eigenvalue weighted by Crippen LogP contribution is -2.48. The first-order valence-corrected chi connectivity index (χ1v) is 10.6. The lowest BCUT2D eigenvalue weighted by molar-refractivity contribution is -0.136. The quantitative estimate of drug-likeness (QED) is 0.733. The molecule has 1 aliphatic heterocycles. The second-order valence-electron chi connectivity index (χ2n) is 7.65. The van der Waals surface area contributed by atoms with Crippen LogP contribution in [0.4, 0.5) is 10.5 Å². The highest BCUT2D eigenvalue weighted by Gasteiger charge is 2.27. The van der Waals surface area contributed by atoms with Crippen molar-refractivity contribution in [3.05, 3.63) is 54.6 Å². The van der Waals surface area contributed by atoms with E-state index < -0.39 is 0 Å². The molecular weight excluding hydrogens is 362 g/mol. The largest absolute Gasteiger partial charge is 0.342 e. The van der Waals surface area contributed by atoms with Crippen LogP contribution in [0.3, 0.4) is 0 Å². The fraction of sp³-hybridized carbons (Fsp3) is 0.417. The van der Waals surface area contributed by atoms with Gasteiger partial charge in [-0.3, -0.25) is 4.79 Å². The molecule has 0 atom stereocenters. The van der Waals surface area contributed by atoms with Crippen LogP contribution < -0.4 is 10.6 Å². The van der Waals surface area contributed by atoms with Crippen molar-refractivity contribution in [2.24, 2.45) is 5.92 Å². The molecule has 2 N–H and O–H groups in total. The Morgan fingerprint density at radius 3 is 2.10 bits per heavy atom. The molecule has 1 fully saturated rings. The van der Waals surface area contributed by atoms with Crippen molar-refractivity contribution in [3.63, 3.8) is 0 Å². The number of piperidine rings is 1. The van der Waals surface area contributed by atoms with Gasteiger partial charge in [0.1, 0.15) is 0 Å². The summed E-state index contributed by atoms with van der Waals surface area (Å²) in [6.07, 6.45) is 3.37. The maximum Gasteiger partial charge on any atom is 0.319 e. The van der Waals surface area contributed by atoms with Crippen LogP contribution in [0.25, 0.3) is 11.1 Å². The maximum absolute atomic E-state index is 12.5. The number of anilines is 1. The number of nitrogens with one attached hydrogen (secondary N) is 2. The van der Waals surface area contributed by atoms with Crippen LogP contribution in [0, 0.1) is 5.92 Å². The molecule has 0 aromatic heterocycles. The van der Waals surface area contributed by atoms with Gasteiger partial charge in [-0.05, 0) is 48.9 Å². The Kier molecular flexibility index (Phi) is 7.28. The summed E-state index contributed by atoms with van der Waals surface area (Å²) in [5.74, 6) is 0.387. The van der Waals surface area contributed by atoms with Crippen LogP contribution in [-0.4, -0.2) is 36.0 Å². The number of hydrogen-bond acceptors (Lipinski definition) is 2. The Morgan fingerprint density at radius 1 is 0.931 bits per heavy atom. The number of urea groups is 1. The van der Waals surface area contributed by atoms with Gasteiger partial charge in [0.25, 0.3) is 0 Å². The molecule has 2 aromatic carbocycles. The molecule has 0 aliphatic carbocycles. The number of benzene rings is 2. The summed E-state index contributed by atoms with van der Waals surface area (Å²) in [6.45, 7) is 5.56. The first kappa shape index (κ1) is 20.9. The Bertz CT molecular complexity index is 793. The summed E-state index contributed by atoms with van der Waals surface area (Å²) in [5.41, 5.74) is 3.03. The van der Waals surface area contributed by atoms with Crippen molar-refractivity contribution < 1.29 is 9.59 Å². The first-order valence-electron chi connectivity index (χ1n) is 10.6. The average molecular weight is 394 g/mol. The van der Waals surface area contributed by atoms with Crippen LogP contribution >= 0.6 is 0 Å². The predicted molar refractivity (Wildman–Crippen MR) is 118 cm³/mol. The summed E-state index contributed by atoms with van der Waals surface area (Å²) in [6, 6.07) is 17.9. The molecule has 154 valence electrons. The topological polar surface area (TPSA) is 61.4 Å². The van der Waals surface area contributed by atoms with Gasteiger partial charge in [0, 0.05) is 30.7 Å². The molecule has 3 rings (SSSR count). The molecule has 5 heteroatoms. The van der Waals surface area contributed by atoms with E-state index in [2.05, 4.69) is 36.6 Å². The van der Waals surface area contributed by atoms with E-state index in [9.17, 15) is 9.59 Å². The number of amides is 3. The number of rotatable bonds is 6. The van der Waals surface area contributed by atoms with Crippen LogP contribution in [0.5, 0.6) is 0 Å². The van der Waals surface area contributed by atoms with Crippen molar-refractivity contribution in [1.82, 2.24) is 10.2 Å². The molecule has 1 aliphatic rings. The van der Waals surface area contributed by atoms with Gasteiger partial charge in [0.15, 0.2) is 0 Å². The van der Waals surface area contributed by atoms with Crippen molar-refractivity contribution in [2.45, 2.75) is 45.6 Å². The monoisotopic (exact) mass is 393 g/mol. The maximum atomic E-state index is 12.5. The minimum Gasteiger partial charge on any atom is -0.342 e. The minimum atomic E-state index is -0.192. The number of carbonyl (C=O) groups excluding carboxylic acids is 2. The lowest BCUT2D eigenvalue weighted by atomic mass is 9.98. The summed E-state index contributed by atoms with van der Waals surface area (Å²) in [4.78, 5) is 26.8. The summed E-state index contributed by atoms with van der Waals surface area (Å²) >= 11 is 0. The van der Waals surface area contributed by atoms with E-state index in [0.717, 1.165) is 42.5 Å². The highest BCUT2D eigenvalue weighted by Crippen LogP contribution is 2.21. The first-order chi connectivity index (χ1) is 14.1. The van der Waals surface area contributed by atoms with Gasteiger partial charge < -0.3 is 15.5 Å². The summed E-state index contributed by atoms with van der Waals surface area (Å²) in [5, 5.41) is 5.95. The fourth-order valence-corrected chi connectivity index (χ4v) is 3.87. The number of likely N-dealkylation sites (tertiary alicyclic amines) is 1. The molecule has 1 heterocycles. The number of hydrogen-bond donors (Lipinski definition) is 2. The van der Waals surface area contributed by atoms with E-state index in [-0.39, 0.29) is 23.9 Å². The smallest absolute Gasteiger partial charge is 0.319 e. The Hall–Kier alpha value is -2.82. The average Bonchev–Trinajstić information content (AvgIpc) is 2.76. The second-order valence-corrected chi connectivity index (χ2v) is 7.65. The molecule has 0 radical (unpaired) electrons. The van der Waals surface area contributed by atoms with Gasteiger partial charge in [0.2, 0.25) is 5.91 Å². The van der Waals surface area contributed by atoms with Gasteiger partial charge in [-0.2, -0.15) is 0 Å². The molecule has 5 nitrogen and oxygen atoms in total. The fourth-order valence-electron chi connectivity index (χ4n) is 3.87. The lowest BCUT2D eigenvalue weighted by Gasteiger charge is -2.34. The normalized spacial score (nSPS) is 14.7. The van der Waals surface area contributed by atoms with E-state index in [4.69, 9.17) is 0 Å². The molecule has 0 bridgehead atoms. The third-order valence-corrected chi connectivity index (χ3v) is 5.73. The zero-order chi connectivity index (χ0) is 20.6. The van der Waals surface area contributed by atoms with Crippen molar-refractivity contribution in [1.29, 1.82) is 0 Å². The Labute approximate surface area is 173 Å². The van der Waals surface area contributed by atoms with Crippen LogP contribution in [0.1, 0.15) is 39.5 Å². The minimum absolute atomic E-state index is 0.101. The van der Waals surface area contributed by atoms with Crippen molar-refractivity contribution in [2.75, 3.05) is 18.4 Å². The molecule has 29 heavy (non-hydrogen) atoms. The zero-order valence-electron chi connectivity index (χ0n) is 17.4. The SMILES string of the molecule is CCC(CC)C(=O)N1CCC(NC(=O)Nc2ccc(-c3ccccc3)cc2)CC1. The van der Waals surface area contributed by atoms with Gasteiger partial charge in [-0.15, -0.1) is 0 Å². The highest BCUT2D eigenvalue weighted by molar-refractivity contribution is 5.89. The molecule has 2 aromatic rings. The molecule has 0 saturated carbocycles. The van der Waals surface area contributed by atoms with Gasteiger partial charge in [-0.25, -0.2) is 4.79 Å². The molecule has 0 spiro atoms. The molecular formula is C24H31N3O2. The summed E-state index contributed by atoms with van der Waals surface area (Å²) < 4.78 is 0. The van der Waals surface area contributed by atoms with Crippen molar-refractivity contribution in [3.8, 4) is 11.1 Å². The number of carbonyl (C=O) groups is 2. The third-order valence-electron chi connectivity index (χ3n) is 5.73. The van der Waals surface area contributed by atoms with Crippen LogP contribution in [0.15, 0.2) is 54.6 Å². The summed E-state index contributed by atoms with van der Waals surface area (Å²) in [7, 11) is 0. The predicted octanol–water partition coefficient (Wildman–Crippen LogP) is 4.90. The standard InChI is InChI=1S/C24H31N3O2/c1-3-18(4-2)23(28)27-16-14-22(15-17-27)26-24(29)25-21-12-10-20(11-13-21)19-8-6-5-7-9-19/h5-13,18,22H,3-4,14-17H2,1-2H3,(H2,25,26,29). The third kappa shape index (κ3) is 5.59. The molecule has 1 saturated heterocycles. The van der Waals surface area contributed by atoms with Gasteiger partial charge in [-0.1, -0.05) is 56.3 Å². The number of nitrogens with zero attached hydrogens (tertiary/aromatic N) is 1. The van der Waals surface area contributed by atoms with Gasteiger partial charge in [0.05, 0.1) is 0 Å². The van der Waals surface area contributed by atoms with E-state index in [0.29, 0.717) is 13.1 Å². The highest BCUT2D eigenvalue weighted by atomic mass is 16.2.